The Labute approximate surface area is 194 Å². The summed E-state index contributed by atoms with van der Waals surface area (Å²) in [5, 5.41) is 6.87. The maximum absolute atomic E-state index is 13.4. The Balaban J connectivity index is 1.45. The number of sulfonamides is 1. The first-order valence-electron chi connectivity index (χ1n) is 11.1. The quantitative estimate of drug-likeness (QED) is 0.587. The van der Waals surface area contributed by atoms with Crippen molar-refractivity contribution in [2.24, 2.45) is 5.92 Å². The Kier molecular flexibility index (Phi) is 6.62. The lowest BCUT2D eigenvalue weighted by molar-refractivity contribution is -0.120. The molecule has 4 rings (SSSR count). The van der Waals surface area contributed by atoms with E-state index in [0.717, 1.165) is 17.7 Å². The number of nitrogens with one attached hydrogen (secondary N) is 1. The minimum absolute atomic E-state index is 0.0639. The molecule has 2 heterocycles. The van der Waals surface area contributed by atoms with E-state index in [4.69, 9.17) is 4.52 Å². The Hall–Kier alpha value is -3.04. The van der Waals surface area contributed by atoms with Gasteiger partial charge in [0.1, 0.15) is 0 Å². The van der Waals surface area contributed by atoms with Crippen LogP contribution in [0.4, 0.5) is 5.69 Å². The number of hydrogen-bond acceptors (Lipinski definition) is 6. The third kappa shape index (κ3) is 4.99. The predicted molar refractivity (Wildman–Crippen MR) is 125 cm³/mol. The van der Waals surface area contributed by atoms with Gasteiger partial charge in [-0.3, -0.25) is 4.79 Å². The van der Waals surface area contributed by atoms with Gasteiger partial charge in [-0.25, -0.2) is 8.42 Å². The molecule has 3 aromatic rings. The lowest BCUT2D eigenvalue weighted by atomic mass is 9.97. The molecule has 1 fully saturated rings. The third-order valence-electron chi connectivity index (χ3n) is 6.02. The summed E-state index contributed by atoms with van der Waals surface area (Å²) in [6.07, 6.45) is 1.84. The van der Waals surface area contributed by atoms with Crippen LogP contribution in [0.1, 0.15) is 36.8 Å². The summed E-state index contributed by atoms with van der Waals surface area (Å²) in [4.78, 5) is 17.2. The van der Waals surface area contributed by atoms with Crippen molar-refractivity contribution in [2.75, 3.05) is 18.4 Å². The van der Waals surface area contributed by atoms with Crippen molar-refractivity contribution < 1.29 is 17.7 Å². The van der Waals surface area contributed by atoms with Crippen LogP contribution in [-0.2, 0) is 21.2 Å². The molecule has 1 aliphatic rings. The minimum atomic E-state index is -3.72. The fourth-order valence-electron chi connectivity index (χ4n) is 4.04. The second-order valence-electron chi connectivity index (χ2n) is 8.34. The average molecular weight is 469 g/mol. The number of hydrogen-bond donors (Lipinski definition) is 1. The highest BCUT2D eigenvalue weighted by molar-refractivity contribution is 7.89. The van der Waals surface area contributed by atoms with Crippen molar-refractivity contribution in [2.45, 2.75) is 44.9 Å². The molecule has 33 heavy (non-hydrogen) atoms. The zero-order valence-electron chi connectivity index (χ0n) is 19.0. The highest BCUT2D eigenvalue weighted by Gasteiger charge is 2.33. The number of carbonyl (C=O) groups excluding carboxylic acids is 1. The monoisotopic (exact) mass is 468 g/mol. The number of aryl methyl sites for hydroxylation is 3. The molecular weight excluding hydrogens is 440 g/mol. The summed E-state index contributed by atoms with van der Waals surface area (Å²) >= 11 is 0. The molecule has 0 radical (unpaired) electrons. The number of piperidine rings is 1. The fourth-order valence-corrected chi connectivity index (χ4v) is 5.76. The number of benzene rings is 2. The molecule has 0 spiro atoms. The standard InChI is InChI=1S/C24H28N4O4S/c1-4-18-6-5-7-21(14-18)26-24(29)19-10-12-28(13-11-19)33(30,31)22-15-20(9-8-16(22)2)23-25-17(3)32-27-23/h5-9,14-15,19H,4,10-13H2,1-3H3,(H,26,29). The lowest BCUT2D eigenvalue weighted by Crippen LogP contribution is -2.41. The highest BCUT2D eigenvalue weighted by Crippen LogP contribution is 2.29. The Morgan fingerprint density at radius 1 is 1.15 bits per heavy atom. The number of aromatic nitrogens is 2. The summed E-state index contributed by atoms with van der Waals surface area (Å²) in [7, 11) is -3.72. The first kappa shape index (κ1) is 23.1. The molecule has 1 aromatic heterocycles. The molecule has 1 saturated heterocycles. The first-order valence-corrected chi connectivity index (χ1v) is 12.5. The van der Waals surface area contributed by atoms with E-state index in [1.165, 1.54) is 4.31 Å². The van der Waals surface area contributed by atoms with Crippen LogP contribution in [0.2, 0.25) is 0 Å². The Bertz CT molecular complexity index is 1260. The van der Waals surface area contributed by atoms with Gasteiger partial charge < -0.3 is 9.84 Å². The zero-order valence-corrected chi connectivity index (χ0v) is 19.9. The van der Waals surface area contributed by atoms with Gasteiger partial charge in [0.2, 0.25) is 27.6 Å². The van der Waals surface area contributed by atoms with Gasteiger partial charge in [0, 0.05) is 37.2 Å². The molecule has 0 atom stereocenters. The van der Waals surface area contributed by atoms with Crippen molar-refractivity contribution in [1.82, 2.24) is 14.4 Å². The lowest BCUT2D eigenvalue weighted by Gasteiger charge is -2.31. The maximum Gasteiger partial charge on any atom is 0.243 e. The van der Waals surface area contributed by atoms with E-state index in [9.17, 15) is 13.2 Å². The maximum atomic E-state index is 13.4. The molecule has 0 bridgehead atoms. The molecule has 1 N–H and O–H groups in total. The molecule has 0 aliphatic carbocycles. The van der Waals surface area contributed by atoms with Crippen LogP contribution in [0.25, 0.3) is 11.4 Å². The first-order chi connectivity index (χ1) is 15.8. The molecular formula is C24H28N4O4S. The van der Waals surface area contributed by atoms with E-state index in [-0.39, 0.29) is 16.7 Å². The fraction of sp³-hybridized carbons (Fsp3) is 0.375. The SMILES string of the molecule is CCc1cccc(NC(=O)C2CCN(S(=O)(=O)c3cc(-c4noc(C)n4)ccc3C)CC2)c1. The molecule has 0 unspecified atom stereocenters. The second-order valence-corrected chi connectivity index (χ2v) is 10.2. The summed E-state index contributed by atoms with van der Waals surface area (Å²) in [5.41, 5.74) is 3.16. The molecule has 9 heteroatoms. The summed E-state index contributed by atoms with van der Waals surface area (Å²) in [6.45, 7) is 6.10. The van der Waals surface area contributed by atoms with Crippen LogP contribution in [-0.4, -0.2) is 41.9 Å². The van der Waals surface area contributed by atoms with E-state index in [2.05, 4.69) is 22.4 Å². The normalized spacial score (nSPS) is 15.5. The van der Waals surface area contributed by atoms with Gasteiger partial charge in [-0.05, 0) is 55.5 Å². The largest absolute Gasteiger partial charge is 0.339 e. The number of anilines is 1. The van der Waals surface area contributed by atoms with Crippen LogP contribution in [0.3, 0.4) is 0 Å². The number of carbonyl (C=O) groups is 1. The highest BCUT2D eigenvalue weighted by atomic mass is 32.2. The molecule has 0 saturated carbocycles. The van der Waals surface area contributed by atoms with Crippen molar-refractivity contribution in [3.63, 3.8) is 0 Å². The minimum Gasteiger partial charge on any atom is -0.339 e. The molecule has 1 amide bonds. The zero-order chi connectivity index (χ0) is 23.6. The summed E-state index contributed by atoms with van der Waals surface area (Å²) in [5.74, 6) is 0.477. The predicted octanol–water partition coefficient (Wildman–Crippen LogP) is 3.96. The van der Waals surface area contributed by atoms with Crippen molar-refractivity contribution in [3.8, 4) is 11.4 Å². The Morgan fingerprint density at radius 2 is 1.91 bits per heavy atom. The van der Waals surface area contributed by atoms with Crippen LogP contribution < -0.4 is 5.32 Å². The van der Waals surface area contributed by atoms with Gasteiger partial charge in [-0.1, -0.05) is 36.3 Å². The summed E-state index contributed by atoms with van der Waals surface area (Å²) in [6, 6.07) is 12.9. The van der Waals surface area contributed by atoms with Gasteiger partial charge in [-0.2, -0.15) is 9.29 Å². The average Bonchev–Trinajstić information content (AvgIpc) is 3.25. The van der Waals surface area contributed by atoms with Gasteiger partial charge >= 0.3 is 0 Å². The van der Waals surface area contributed by atoms with E-state index in [1.54, 1.807) is 32.0 Å². The number of amides is 1. The van der Waals surface area contributed by atoms with E-state index in [1.807, 2.05) is 24.3 Å². The van der Waals surface area contributed by atoms with Crippen LogP contribution in [0, 0.1) is 19.8 Å². The van der Waals surface area contributed by atoms with Gasteiger partial charge in [0.15, 0.2) is 0 Å². The smallest absolute Gasteiger partial charge is 0.243 e. The topological polar surface area (TPSA) is 105 Å². The van der Waals surface area contributed by atoms with Gasteiger partial charge in [0.25, 0.3) is 0 Å². The third-order valence-corrected chi connectivity index (χ3v) is 8.06. The van der Waals surface area contributed by atoms with E-state index < -0.39 is 10.0 Å². The van der Waals surface area contributed by atoms with E-state index >= 15 is 0 Å². The molecule has 2 aromatic carbocycles. The Morgan fingerprint density at radius 3 is 2.58 bits per heavy atom. The molecule has 8 nitrogen and oxygen atoms in total. The van der Waals surface area contributed by atoms with Gasteiger partial charge in [0.05, 0.1) is 4.90 Å². The van der Waals surface area contributed by atoms with Crippen LogP contribution in [0.5, 0.6) is 0 Å². The number of rotatable bonds is 6. The number of nitrogens with zero attached hydrogens (tertiary/aromatic N) is 3. The van der Waals surface area contributed by atoms with Crippen LogP contribution in [0.15, 0.2) is 51.9 Å². The van der Waals surface area contributed by atoms with Gasteiger partial charge in [-0.15, -0.1) is 0 Å². The van der Waals surface area contributed by atoms with Crippen LogP contribution >= 0.6 is 0 Å². The second kappa shape index (κ2) is 9.44. The summed E-state index contributed by atoms with van der Waals surface area (Å²) < 4.78 is 33.3. The van der Waals surface area contributed by atoms with E-state index in [0.29, 0.717) is 48.8 Å². The molecule has 1 aliphatic heterocycles. The molecule has 174 valence electrons. The van der Waals surface area contributed by atoms with Crippen molar-refractivity contribution in [1.29, 1.82) is 0 Å². The van der Waals surface area contributed by atoms with Crippen molar-refractivity contribution >= 4 is 21.6 Å². The van der Waals surface area contributed by atoms with Crippen molar-refractivity contribution in [3.05, 3.63) is 59.5 Å².